The van der Waals surface area contributed by atoms with E-state index < -0.39 is 142 Å². The number of hydrogen-bond donors (Lipinski definition) is 5. The predicted molar refractivity (Wildman–Crippen MR) is 366 cm³/mol. The van der Waals surface area contributed by atoms with Crippen molar-refractivity contribution >= 4 is 83.2 Å². The lowest BCUT2D eigenvalue weighted by atomic mass is 9.79. The van der Waals surface area contributed by atoms with Gasteiger partial charge >= 0.3 is 36.6 Å². The molecule has 12 unspecified atom stereocenters. The summed E-state index contributed by atoms with van der Waals surface area (Å²) in [6.45, 7) is 27.5. The molecular formula is C66H104Al2I2N2O23. The molecule has 6 fully saturated rings. The zero-order chi connectivity index (χ0) is 69.8. The van der Waals surface area contributed by atoms with Crippen LogP contribution >= 0.6 is 40.5 Å². The summed E-state index contributed by atoms with van der Waals surface area (Å²) in [5.41, 5.74) is 2.19. The lowest BCUT2D eigenvalue weighted by Gasteiger charge is -2.51. The van der Waals surface area contributed by atoms with E-state index in [2.05, 4.69) is 99.3 Å². The molecule has 5 N–H and O–H groups in total. The van der Waals surface area contributed by atoms with Crippen molar-refractivity contribution < 1.29 is 109 Å². The quantitative estimate of drug-likeness (QED) is 0.0230. The van der Waals surface area contributed by atoms with Crippen LogP contribution in [0.25, 0.3) is 0 Å². The molecule has 0 spiro atoms. The first-order chi connectivity index (χ1) is 45.5. The fourth-order valence-electron chi connectivity index (χ4n) is 13.1. The van der Waals surface area contributed by atoms with Crippen molar-refractivity contribution in [3.8, 4) is 0 Å². The number of esters is 1. The number of aliphatic hydroxyl groups is 4. The van der Waals surface area contributed by atoms with Gasteiger partial charge < -0.3 is 99.6 Å². The van der Waals surface area contributed by atoms with E-state index in [-0.39, 0.29) is 77.9 Å². The number of aliphatic imine (C=N–C) groups is 1. The van der Waals surface area contributed by atoms with Crippen molar-refractivity contribution in [3.05, 3.63) is 71.8 Å². The molecule has 25 nitrogen and oxygen atoms in total. The number of amides is 1. The van der Waals surface area contributed by atoms with Crippen molar-refractivity contribution in [2.45, 2.75) is 239 Å². The standard InChI is InChI=1S/C34H50NO10.C31H48NO12.CH4O.2Al.2HI.2H/c1-9-26-22(6)29(41-24(8)37)28(35-17-36)34(42-26)45-31-30(21(5)23(7)40-32(31)38)44-33-20(4)18(2)19(3)27(43-33)16-39-15-25-13-11-10-12-14-25;1-15-16(2)22(14-39-13-20-10-8-7-9-11-20)42-29(17(15)3)43-26-18(4)19(5)40-28(36)27(26)44-30-23(32-31(37)38-6)25(35)24(34)21(12-33)41-30;1-2;;;;;;/h10-14,18-23,26-34H,9,15-16H2,1-8H3;7-11,15-19,21-30,33-35H,12-14H2,1-6H3,(H,32,37);2H,1H3;;;2*1H;;/q2*-1;;2*+2;;;;/p-2/t18?,19-,20?,21-,22+,23?,26?,27-,28?,29-,30-,31?,32+,33+,34-;15?,16-,17?,18-,19?,21?,22-,23?,24+,25+,26-,27?,28+,29+,30-;;;;;;;/m00......./s1. The highest BCUT2D eigenvalue weighted by molar-refractivity contribution is 14.1. The lowest BCUT2D eigenvalue weighted by molar-refractivity contribution is -0.361. The van der Waals surface area contributed by atoms with Gasteiger partial charge in [0.25, 0.3) is 0 Å². The Hall–Kier alpha value is -1.64. The van der Waals surface area contributed by atoms with Gasteiger partial charge in [-0.1, -0.05) is 130 Å². The summed E-state index contributed by atoms with van der Waals surface area (Å²) in [4.78, 5) is 40.0. The summed E-state index contributed by atoms with van der Waals surface area (Å²) in [6, 6.07) is 17.9. The number of isocyanates is 1. The maximum atomic E-state index is 12.2. The number of carbonyl (C=O) groups is 2. The highest BCUT2D eigenvalue weighted by Crippen LogP contribution is 2.44. The third-order valence-electron chi connectivity index (χ3n) is 20.1. The lowest BCUT2D eigenvalue weighted by Crippen LogP contribution is -2.67. The van der Waals surface area contributed by atoms with Gasteiger partial charge in [-0.2, -0.15) is 45.5 Å². The summed E-state index contributed by atoms with van der Waals surface area (Å²) >= 11 is 2.47. The first kappa shape index (κ1) is 82.3. The Kier molecular flexibility index (Phi) is 35.4. The van der Waals surface area contributed by atoms with Crippen molar-refractivity contribution in [1.82, 2.24) is 5.32 Å². The zero-order valence-corrected chi connectivity index (χ0v) is 64.6. The molecule has 536 valence electrons. The van der Waals surface area contributed by atoms with Gasteiger partial charge in [-0.05, 0) is 55.1 Å². The molecule has 0 aromatic heterocycles. The Morgan fingerprint density at radius 3 is 1.39 bits per heavy atom. The average Bonchev–Trinajstić information content (AvgIpc) is 0.804. The number of nitrogens with zero attached hydrogens (tertiary/aromatic N) is 1. The van der Waals surface area contributed by atoms with Crippen LogP contribution in [0.2, 0.25) is 0 Å². The molecular weight excluding hydrogens is 1500 g/mol. The zero-order valence-electron chi connectivity index (χ0n) is 57.5. The molecule has 6 aliphatic rings. The molecule has 8 rings (SSSR count). The van der Waals surface area contributed by atoms with Gasteiger partial charge in [0, 0.05) is 43.6 Å². The monoisotopic (exact) mass is 1600 g/mol. The highest BCUT2D eigenvalue weighted by atomic mass is 127. The summed E-state index contributed by atoms with van der Waals surface area (Å²) < 4.78 is 100. The van der Waals surface area contributed by atoms with E-state index in [0.29, 0.717) is 38.8 Å². The van der Waals surface area contributed by atoms with Crippen LogP contribution in [0.1, 0.15) is 108 Å². The minimum atomic E-state index is -1.53. The molecule has 0 bridgehead atoms. The second-order valence-electron chi connectivity index (χ2n) is 25.8. The molecule has 1 amide bonds. The van der Waals surface area contributed by atoms with Gasteiger partial charge in [-0.3, -0.25) is 4.79 Å². The van der Waals surface area contributed by atoms with Crippen LogP contribution in [0.4, 0.5) is 4.79 Å². The van der Waals surface area contributed by atoms with Gasteiger partial charge in [0.1, 0.15) is 42.7 Å². The molecule has 29 heteroatoms. The number of nitrogens with one attached hydrogen (secondary N) is 1. The minimum absolute atomic E-state index is 0.0279. The molecule has 6 aliphatic heterocycles. The van der Waals surface area contributed by atoms with Crippen LogP contribution in [0, 0.1) is 53.3 Å². The number of methoxy groups -OCH3 is 1. The number of alkyl carbamates (subject to hydrolysis) is 1. The largest absolute Gasteiger partial charge is 0.527 e. The molecule has 95 heavy (non-hydrogen) atoms. The number of benzene rings is 2. The summed E-state index contributed by atoms with van der Waals surface area (Å²) in [5.74, 6) is 0.114. The number of ether oxygens (including phenoxy) is 14. The van der Waals surface area contributed by atoms with E-state index >= 15 is 0 Å². The van der Waals surface area contributed by atoms with E-state index in [9.17, 15) is 29.7 Å². The van der Waals surface area contributed by atoms with E-state index in [1.807, 2.05) is 95.3 Å². The molecule has 30 atom stereocenters. The number of aliphatic hydroxyl groups excluding tert-OH is 4. The van der Waals surface area contributed by atoms with Gasteiger partial charge in [0.05, 0.1) is 82.9 Å². The van der Waals surface area contributed by atoms with Gasteiger partial charge in [-0.25, -0.2) is 9.59 Å². The van der Waals surface area contributed by atoms with Gasteiger partial charge in [0.15, 0.2) is 43.8 Å². The Labute approximate surface area is 595 Å². The SMILES string of the molecule is CCC1O[C@@H](OC2[C@H]([O][AlH][I])OC(C)[C@H](C)[C@@H]2O[C@H]2O[C@@H](COCc3ccccc3)[C@@H](C)C(C)C2C)C(N=C=O)[C@@H](OC(C)=O)[C@@H]1C.CO.COC(=O)NC1[C@H](OC2[C@H]([O][AlH][I])OC(C)[C@H](C)[C@@H]2O[C@H]2O[C@@H](COCc3ccccc3)[C@@H](C)C(C)C2C)OC(CO)[C@@H](O)[C@@H]1O. The van der Waals surface area contributed by atoms with Crippen LogP contribution < -0.4 is 5.32 Å². The van der Waals surface area contributed by atoms with Crippen LogP contribution in [0.5, 0.6) is 0 Å². The Morgan fingerprint density at radius 1 is 0.547 bits per heavy atom. The Bertz CT molecular complexity index is 2600. The molecule has 0 aliphatic carbocycles. The third kappa shape index (κ3) is 22.0. The van der Waals surface area contributed by atoms with Crippen molar-refractivity contribution in [3.63, 3.8) is 0 Å². The molecule has 2 aromatic carbocycles. The average molecular weight is 1600 g/mol. The van der Waals surface area contributed by atoms with E-state index in [1.165, 1.54) is 14.0 Å². The predicted octanol–water partition coefficient (Wildman–Crippen LogP) is 6.59. The normalized spacial score (nSPS) is 40.3. The molecule has 6 heterocycles. The van der Waals surface area contributed by atoms with Crippen molar-refractivity contribution in [1.29, 1.82) is 0 Å². The number of halogens is 2. The topological polar surface area (TPSA) is 304 Å². The summed E-state index contributed by atoms with van der Waals surface area (Å²) in [6.07, 6.45) is -12.5. The number of carbonyl (C=O) groups excluding carboxylic acids is 3. The Morgan fingerprint density at radius 2 is 0.979 bits per heavy atom. The van der Waals surface area contributed by atoms with E-state index in [1.54, 1.807) is 6.08 Å². The number of rotatable bonds is 25. The second-order valence-corrected chi connectivity index (χ2v) is 30.6. The maximum Gasteiger partial charge on any atom is 0.527 e. The maximum absolute atomic E-state index is 12.2. The molecule has 2 aromatic rings. The Balaban J connectivity index is 0.000000293. The van der Waals surface area contributed by atoms with Gasteiger partial charge in [0.2, 0.25) is 6.08 Å². The van der Waals surface area contributed by atoms with E-state index in [0.717, 1.165) is 18.2 Å². The van der Waals surface area contributed by atoms with Crippen LogP contribution in [-0.4, -0.2) is 226 Å². The summed E-state index contributed by atoms with van der Waals surface area (Å²) in [7, 11) is 2.18. The third-order valence-corrected chi connectivity index (χ3v) is 23.1. The second kappa shape index (κ2) is 40.9. The summed E-state index contributed by atoms with van der Waals surface area (Å²) in [5, 5.41) is 40.8. The molecule has 6 saturated heterocycles. The van der Waals surface area contributed by atoms with Crippen LogP contribution in [0.15, 0.2) is 65.7 Å². The first-order valence-corrected chi connectivity index (χ1v) is 44.5. The van der Waals surface area contributed by atoms with Crippen LogP contribution in [0.3, 0.4) is 0 Å². The first-order valence-electron chi connectivity index (χ1n) is 33.1. The fourth-order valence-corrected chi connectivity index (χ4v) is 16.0. The van der Waals surface area contributed by atoms with Crippen LogP contribution in [-0.2, 0) is 96.7 Å². The smallest absolute Gasteiger partial charge is 0.470 e. The highest BCUT2D eigenvalue weighted by Gasteiger charge is 2.55. The molecule has 0 saturated carbocycles. The minimum Gasteiger partial charge on any atom is -0.470 e. The molecule has 0 radical (unpaired) electrons. The van der Waals surface area contributed by atoms with Crippen molar-refractivity contribution in [2.24, 2.45) is 58.3 Å². The van der Waals surface area contributed by atoms with Crippen molar-refractivity contribution in [2.75, 3.05) is 34.0 Å². The van der Waals surface area contributed by atoms with E-state index in [4.69, 9.17) is 79.0 Å². The number of hydrogen-bond acceptors (Lipinski definition) is 24. The fraction of sp³-hybridized carbons (Fsp3) is 0.773. The van der Waals surface area contributed by atoms with Gasteiger partial charge in [-0.15, -0.1) is 0 Å².